The zero-order valence-electron chi connectivity index (χ0n) is 13.5. The first-order valence-electron chi connectivity index (χ1n) is 7.80. The standard InChI is InChI=1S/C19H22BrNO2/c1-14-5-7-16(8-6-14)4-3-13-21-19(22)15(2)23-18-11-9-17(20)10-12-18/h5-12,15H,3-4,13H2,1-2H3,(H,21,22). The van der Waals surface area contributed by atoms with Gasteiger partial charge in [0.25, 0.3) is 5.91 Å². The van der Waals surface area contributed by atoms with Crippen LogP contribution in [-0.4, -0.2) is 18.6 Å². The van der Waals surface area contributed by atoms with E-state index in [0.717, 1.165) is 17.3 Å². The largest absolute Gasteiger partial charge is 0.481 e. The second-order valence-corrected chi connectivity index (χ2v) is 6.51. The van der Waals surface area contributed by atoms with E-state index >= 15 is 0 Å². The average Bonchev–Trinajstić information content (AvgIpc) is 2.55. The van der Waals surface area contributed by atoms with E-state index in [4.69, 9.17) is 4.74 Å². The van der Waals surface area contributed by atoms with Gasteiger partial charge in [-0.1, -0.05) is 45.8 Å². The summed E-state index contributed by atoms with van der Waals surface area (Å²) < 4.78 is 6.61. The minimum atomic E-state index is -0.504. The molecule has 0 aromatic heterocycles. The van der Waals surface area contributed by atoms with Crippen molar-refractivity contribution in [2.75, 3.05) is 6.54 Å². The quantitative estimate of drug-likeness (QED) is 0.733. The van der Waals surface area contributed by atoms with E-state index in [-0.39, 0.29) is 5.91 Å². The molecule has 122 valence electrons. The second kappa shape index (κ2) is 8.73. The molecular weight excluding hydrogens is 354 g/mol. The maximum Gasteiger partial charge on any atom is 0.260 e. The number of rotatable bonds is 7. The molecule has 0 bridgehead atoms. The number of hydrogen-bond donors (Lipinski definition) is 1. The normalized spacial score (nSPS) is 11.8. The summed E-state index contributed by atoms with van der Waals surface area (Å²) in [6.07, 6.45) is 1.37. The Hall–Kier alpha value is -1.81. The van der Waals surface area contributed by atoms with Gasteiger partial charge in [-0.15, -0.1) is 0 Å². The Bertz CT molecular complexity index is 623. The van der Waals surface area contributed by atoms with Gasteiger partial charge in [-0.25, -0.2) is 0 Å². The molecule has 0 saturated heterocycles. The van der Waals surface area contributed by atoms with Crippen LogP contribution in [-0.2, 0) is 11.2 Å². The van der Waals surface area contributed by atoms with Crippen LogP contribution in [0.25, 0.3) is 0 Å². The highest BCUT2D eigenvalue weighted by Crippen LogP contribution is 2.17. The minimum Gasteiger partial charge on any atom is -0.481 e. The molecule has 1 amide bonds. The molecule has 0 saturated carbocycles. The van der Waals surface area contributed by atoms with Crippen LogP contribution in [0.1, 0.15) is 24.5 Å². The van der Waals surface area contributed by atoms with Gasteiger partial charge in [0.1, 0.15) is 5.75 Å². The Labute approximate surface area is 146 Å². The highest BCUT2D eigenvalue weighted by atomic mass is 79.9. The Morgan fingerprint density at radius 2 is 1.78 bits per heavy atom. The minimum absolute atomic E-state index is 0.0863. The van der Waals surface area contributed by atoms with Gasteiger partial charge in [0.05, 0.1) is 0 Å². The summed E-state index contributed by atoms with van der Waals surface area (Å²) in [7, 11) is 0. The van der Waals surface area contributed by atoms with Crippen molar-refractivity contribution in [3.8, 4) is 5.75 Å². The molecule has 0 spiro atoms. The van der Waals surface area contributed by atoms with E-state index in [9.17, 15) is 4.79 Å². The van der Waals surface area contributed by atoms with Crippen LogP contribution < -0.4 is 10.1 Å². The zero-order valence-corrected chi connectivity index (χ0v) is 15.1. The fourth-order valence-corrected chi connectivity index (χ4v) is 2.44. The molecule has 2 rings (SSSR count). The smallest absolute Gasteiger partial charge is 0.260 e. The van der Waals surface area contributed by atoms with Crippen LogP contribution in [0.5, 0.6) is 5.75 Å². The fraction of sp³-hybridized carbons (Fsp3) is 0.316. The van der Waals surface area contributed by atoms with Crippen molar-refractivity contribution in [3.05, 3.63) is 64.1 Å². The number of nitrogens with one attached hydrogen (secondary N) is 1. The Balaban J connectivity index is 1.69. The van der Waals surface area contributed by atoms with Gasteiger partial charge in [-0.3, -0.25) is 4.79 Å². The summed E-state index contributed by atoms with van der Waals surface area (Å²) in [5, 5.41) is 2.92. The number of benzene rings is 2. The fourth-order valence-electron chi connectivity index (χ4n) is 2.17. The lowest BCUT2D eigenvalue weighted by Crippen LogP contribution is -2.36. The van der Waals surface area contributed by atoms with Gasteiger partial charge in [-0.2, -0.15) is 0 Å². The lowest BCUT2D eigenvalue weighted by atomic mass is 10.1. The Kier molecular flexibility index (Phi) is 6.66. The third-order valence-corrected chi connectivity index (χ3v) is 4.09. The van der Waals surface area contributed by atoms with E-state index in [2.05, 4.69) is 52.4 Å². The van der Waals surface area contributed by atoms with Gasteiger partial charge < -0.3 is 10.1 Å². The van der Waals surface area contributed by atoms with Crippen LogP contribution in [0, 0.1) is 6.92 Å². The number of halogens is 1. The highest BCUT2D eigenvalue weighted by molar-refractivity contribution is 9.10. The van der Waals surface area contributed by atoms with E-state index in [1.807, 2.05) is 24.3 Å². The Morgan fingerprint density at radius 3 is 2.43 bits per heavy atom. The molecule has 0 aliphatic heterocycles. The van der Waals surface area contributed by atoms with Gasteiger partial charge in [-0.05, 0) is 56.5 Å². The van der Waals surface area contributed by atoms with Crippen LogP contribution >= 0.6 is 15.9 Å². The summed E-state index contributed by atoms with van der Waals surface area (Å²) in [5.74, 6) is 0.604. The van der Waals surface area contributed by atoms with E-state index in [0.29, 0.717) is 12.3 Å². The molecule has 1 N–H and O–H groups in total. The van der Waals surface area contributed by atoms with Crippen molar-refractivity contribution in [3.63, 3.8) is 0 Å². The van der Waals surface area contributed by atoms with Gasteiger partial charge >= 0.3 is 0 Å². The first-order chi connectivity index (χ1) is 11.0. The lowest BCUT2D eigenvalue weighted by molar-refractivity contribution is -0.127. The monoisotopic (exact) mass is 375 g/mol. The van der Waals surface area contributed by atoms with E-state index in [1.165, 1.54) is 11.1 Å². The number of aryl methyl sites for hydroxylation is 2. The molecule has 0 heterocycles. The molecule has 23 heavy (non-hydrogen) atoms. The van der Waals surface area contributed by atoms with Gasteiger partial charge in [0, 0.05) is 11.0 Å². The van der Waals surface area contributed by atoms with Crippen LogP contribution in [0.15, 0.2) is 53.0 Å². The van der Waals surface area contributed by atoms with Crippen molar-refractivity contribution >= 4 is 21.8 Å². The number of carbonyl (C=O) groups is 1. The number of ether oxygens (including phenoxy) is 1. The third-order valence-electron chi connectivity index (χ3n) is 3.56. The van der Waals surface area contributed by atoms with Crippen molar-refractivity contribution in [2.45, 2.75) is 32.8 Å². The van der Waals surface area contributed by atoms with Crippen LogP contribution in [0.4, 0.5) is 0 Å². The highest BCUT2D eigenvalue weighted by Gasteiger charge is 2.13. The van der Waals surface area contributed by atoms with Crippen molar-refractivity contribution in [1.82, 2.24) is 5.32 Å². The average molecular weight is 376 g/mol. The molecule has 0 aliphatic rings. The second-order valence-electron chi connectivity index (χ2n) is 5.59. The van der Waals surface area contributed by atoms with Crippen LogP contribution in [0.3, 0.4) is 0 Å². The first-order valence-corrected chi connectivity index (χ1v) is 8.59. The molecule has 2 aromatic rings. The zero-order chi connectivity index (χ0) is 16.7. The van der Waals surface area contributed by atoms with Gasteiger partial charge in [0.2, 0.25) is 0 Å². The summed E-state index contributed by atoms with van der Waals surface area (Å²) in [6.45, 7) is 4.49. The molecule has 1 unspecified atom stereocenters. The topological polar surface area (TPSA) is 38.3 Å². The third kappa shape index (κ3) is 6.06. The summed E-state index contributed by atoms with van der Waals surface area (Å²) in [6, 6.07) is 16.0. The van der Waals surface area contributed by atoms with Gasteiger partial charge in [0.15, 0.2) is 6.10 Å². The molecule has 1 atom stereocenters. The number of hydrogen-bond acceptors (Lipinski definition) is 2. The number of amides is 1. The molecule has 0 aliphatic carbocycles. The predicted octanol–water partition coefficient (Wildman–Crippen LogP) is 4.27. The maximum atomic E-state index is 12.0. The van der Waals surface area contributed by atoms with Crippen molar-refractivity contribution in [2.24, 2.45) is 0 Å². The molecule has 3 nitrogen and oxygen atoms in total. The summed E-state index contributed by atoms with van der Waals surface area (Å²) in [4.78, 5) is 12.0. The molecule has 4 heteroatoms. The van der Waals surface area contributed by atoms with Crippen molar-refractivity contribution < 1.29 is 9.53 Å². The van der Waals surface area contributed by atoms with Crippen molar-refractivity contribution in [1.29, 1.82) is 0 Å². The molecule has 0 radical (unpaired) electrons. The molecular formula is C19H22BrNO2. The predicted molar refractivity (Wildman–Crippen MR) is 96.7 cm³/mol. The first kappa shape index (κ1) is 17.5. The molecule has 0 fully saturated rings. The lowest BCUT2D eigenvalue weighted by Gasteiger charge is -2.14. The van der Waals surface area contributed by atoms with Crippen LogP contribution in [0.2, 0.25) is 0 Å². The summed E-state index contributed by atoms with van der Waals surface area (Å²) in [5.41, 5.74) is 2.56. The molecule has 2 aromatic carbocycles. The SMILES string of the molecule is Cc1ccc(CCCNC(=O)C(C)Oc2ccc(Br)cc2)cc1. The summed E-state index contributed by atoms with van der Waals surface area (Å²) >= 11 is 3.37. The maximum absolute atomic E-state index is 12.0. The van der Waals surface area contributed by atoms with E-state index in [1.54, 1.807) is 6.92 Å². The number of carbonyl (C=O) groups excluding carboxylic acids is 1. The van der Waals surface area contributed by atoms with E-state index < -0.39 is 6.10 Å². The Morgan fingerprint density at radius 1 is 1.13 bits per heavy atom.